The van der Waals surface area contributed by atoms with Gasteiger partial charge in [-0.2, -0.15) is 0 Å². The molecule has 1 nitrogen and oxygen atoms in total. The smallest absolute Gasteiger partial charge is 0.0302 e. The molecule has 0 heterocycles. The molecule has 1 aliphatic rings. The maximum atomic E-state index is 4.15. The molecule has 0 aromatic rings. The van der Waals surface area contributed by atoms with E-state index in [0.29, 0.717) is 6.04 Å². The third-order valence-electron chi connectivity index (χ3n) is 3.59. The summed E-state index contributed by atoms with van der Waals surface area (Å²) in [6.07, 6.45) is 6.81. The van der Waals surface area contributed by atoms with E-state index in [9.17, 15) is 0 Å². The second kappa shape index (κ2) is 6.32. The van der Waals surface area contributed by atoms with Crippen molar-refractivity contribution in [1.29, 1.82) is 0 Å². The number of rotatable bonds is 5. The molecule has 0 aromatic heterocycles. The van der Waals surface area contributed by atoms with Gasteiger partial charge in [-0.3, -0.25) is 0 Å². The van der Waals surface area contributed by atoms with Gasteiger partial charge in [0.05, 0.1) is 0 Å². The van der Waals surface area contributed by atoms with E-state index in [1.54, 1.807) is 0 Å². The van der Waals surface area contributed by atoms with E-state index < -0.39 is 0 Å². The minimum atomic E-state index is 0.563. The number of nitrogens with one attached hydrogen (secondary N) is 1. The highest BCUT2D eigenvalue weighted by molar-refractivity contribution is 5.05. The van der Waals surface area contributed by atoms with Crippen molar-refractivity contribution in [3.05, 3.63) is 12.2 Å². The molecule has 15 heavy (non-hydrogen) atoms. The van der Waals surface area contributed by atoms with Gasteiger partial charge in [-0.25, -0.2) is 0 Å². The Morgan fingerprint density at radius 2 is 2.20 bits per heavy atom. The van der Waals surface area contributed by atoms with Crippen LogP contribution < -0.4 is 5.32 Å². The summed E-state index contributed by atoms with van der Waals surface area (Å²) in [5.74, 6) is 1.74. The van der Waals surface area contributed by atoms with Gasteiger partial charge in [0.1, 0.15) is 0 Å². The van der Waals surface area contributed by atoms with E-state index in [0.717, 1.165) is 18.4 Å². The summed E-state index contributed by atoms with van der Waals surface area (Å²) in [5.41, 5.74) is 1.32. The monoisotopic (exact) mass is 209 g/mol. The molecule has 1 N–H and O–H groups in total. The van der Waals surface area contributed by atoms with Gasteiger partial charge in [0.15, 0.2) is 0 Å². The van der Waals surface area contributed by atoms with Crippen molar-refractivity contribution in [1.82, 2.24) is 5.32 Å². The van der Waals surface area contributed by atoms with Gasteiger partial charge in [-0.15, -0.1) is 0 Å². The maximum Gasteiger partial charge on any atom is 0.0302 e. The SMILES string of the molecule is C=C(C)C(NCCC)C1CCCC(C)C1. The summed E-state index contributed by atoms with van der Waals surface area (Å²) >= 11 is 0. The summed E-state index contributed by atoms with van der Waals surface area (Å²) in [4.78, 5) is 0. The zero-order valence-corrected chi connectivity index (χ0v) is 10.7. The first-order chi connectivity index (χ1) is 7.15. The van der Waals surface area contributed by atoms with Crippen LogP contribution in [0.3, 0.4) is 0 Å². The molecule has 0 aliphatic heterocycles. The third-order valence-corrected chi connectivity index (χ3v) is 3.59. The Labute approximate surface area is 95.3 Å². The highest BCUT2D eigenvalue weighted by atomic mass is 14.9. The molecule has 0 spiro atoms. The quantitative estimate of drug-likeness (QED) is 0.680. The Hall–Kier alpha value is -0.300. The van der Waals surface area contributed by atoms with Crippen LogP contribution in [0.4, 0.5) is 0 Å². The summed E-state index contributed by atoms with van der Waals surface area (Å²) < 4.78 is 0. The highest BCUT2D eigenvalue weighted by Crippen LogP contribution is 2.32. The van der Waals surface area contributed by atoms with Crippen LogP contribution in [0.5, 0.6) is 0 Å². The molecule has 88 valence electrons. The lowest BCUT2D eigenvalue weighted by Gasteiger charge is -2.34. The molecular formula is C14H27N. The molecule has 1 aliphatic carbocycles. The molecule has 0 aromatic carbocycles. The predicted molar refractivity (Wildman–Crippen MR) is 68.0 cm³/mol. The summed E-state index contributed by atoms with van der Waals surface area (Å²) in [7, 11) is 0. The van der Waals surface area contributed by atoms with Gasteiger partial charge >= 0.3 is 0 Å². The van der Waals surface area contributed by atoms with Crippen LogP contribution in [0.1, 0.15) is 52.9 Å². The van der Waals surface area contributed by atoms with Gasteiger partial charge in [0.2, 0.25) is 0 Å². The van der Waals surface area contributed by atoms with Crippen molar-refractivity contribution >= 4 is 0 Å². The maximum absolute atomic E-state index is 4.15. The molecule has 3 atom stereocenters. The van der Waals surface area contributed by atoms with Crippen molar-refractivity contribution < 1.29 is 0 Å². The molecule has 3 unspecified atom stereocenters. The average molecular weight is 209 g/mol. The zero-order chi connectivity index (χ0) is 11.3. The first-order valence-corrected chi connectivity index (χ1v) is 6.54. The minimum Gasteiger partial charge on any atom is -0.310 e. The van der Waals surface area contributed by atoms with Crippen LogP contribution in [0.2, 0.25) is 0 Å². The molecule has 0 radical (unpaired) electrons. The lowest BCUT2D eigenvalue weighted by atomic mass is 9.77. The fourth-order valence-corrected chi connectivity index (χ4v) is 2.83. The van der Waals surface area contributed by atoms with Crippen LogP contribution in [0, 0.1) is 11.8 Å². The Morgan fingerprint density at radius 3 is 2.73 bits per heavy atom. The number of hydrogen-bond donors (Lipinski definition) is 1. The van der Waals surface area contributed by atoms with Gasteiger partial charge in [-0.1, -0.05) is 38.8 Å². The van der Waals surface area contributed by atoms with Gasteiger partial charge in [-0.05, 0) is 44.6 Å². The van der Waals surface area contributed by atoms with Crippen LogP contribution in [-0.4, -0.2) is 12.6 Å². The van der Waals surface area contributed by atoms with Crippen molar-refractivity contribution in [2.75, 3.05) is 6.54 Å². The second-order valence-electron chi connectivity index (χ2n) is 5.31. The molecule has 1 heteroatoms. The molecule has 0 amide bonds. The highest BCUT2D eigenvalue weighted by Gasteiger charge is 2.26. The van der Waals surface area contributed by atoms with E-state index in [4.69, 9.17) is 0 Å². The van der Waals surface area contributed by atoms with Crippen LogP contribution in [-0.2, 0) is 0 Å². The second-order valence-corrected chi connectivity index (χ2v) is 5.31. The largest absolute Gasteiger partial charge is 0.310 e. The lowest BCUT2D eigenvalue weighted by Crippen LogP contribution is -2.39. The Bertz CT molecular complexity index is 198. The normalized spacial score (nSPS) is 28.7. The van der Waals surface area contributed by atoms with E-state index in [-0.39, 0.29) is 0 Å². The first-order valence-electron chi connectivity index (χ1n) is 6.54. The fraction of sp³-hybridized carbons (Fsp3) is 0.857. The van der Waals surface area contributed by atoms with Crippen LogP contribution in [0.25, 0.3) is 0 Å². The van der Waals surface area contributed by atoms with Crippen molar-refractivity contribution in [3.8, 4) is 0 Å². The van der Waals surface area contributed by atoms with E-state index in [1.165, 1.54) is 37.7 Å². The minimum absolute atomic E-state index is 0.563. The van der Waals surface area contributed by atoms with Crippen molar-refractivity contribution in [3.63, 3.8) is 0 Å². The van der Waals surface area contributed by atoms with Gasteiger partial charge < -0.3 is 5.32 Å². The lowest BCUT2D eigenvalue weighted by molar-refractivity contribution is 0.240. The first kappa shape index (κ1) is 12.8. The molecule has 1 rings (SSSR count). The zero-order valence-electron chi connectivity index (χ0n) is 10.7. The average Bonchev–Trinajstić information content (AvgIpc) is 2.18. The Morgan fingerprint density at radius 1 is 1.47 bits per heavy atom. The molecule has 0 saturated heterocycles. The molecule has 1 saturated carbocycles. The van der Waals surface area contributed by atoms with Crippen molar-refractivity contribution in [2.45, 2.75) is 58.9 Å². The van der Waals surface area contributed by atoms with E-state index >= 15 is 0 Å². The summed E-state index contributed by atoms with van der Waals surface area (Å²) in [5, 5.41) is 3.66. The van der Waals surface area contributed by atoms with Crippen LogP contribution >= 0.6 is 0 Å². The molecule has 0 bridgehead atoms. The molecular weight excluding hydrogens is 182 g/mol. The summed E-state index contributed by atoms with van der Waals surface area (Å²) in [6, 6.07) is 0.563. The van der Waals surface area contributed by atoms with Crippen molar-refractivity contribution in [2.24, 2.45) is 11.8 Å². The van der Waals surface area contributed by atoms with E-state index in [1.807, 2.05) is 0 Å². The van der Waals surface area contributed by atoms with Gasteiger partial charge in [0, 0.05) is 6.04 Å². The van der Waals surface area contributed by atoms with Crippen LogP contribution in [0.15, 0.2) is 12.2 Å². The summed E-state index contributed by atoms with van der Waals surface area (Å²) in [6.45, 7) is 12.1. The Balaban J connectivity index is 2.50. The molecule has 1 fully saturated rings. The standard InChI is InChI=1S/C14H27N/c1-5-9-15-14(11(2)3)13-8-6-7-12(4)10-13/h12-15H,2,5-10H2,1,3-4H3. The predicted octanol–water partition coefficient (Wildman–Crippen LogP) is 3.76. The Kier molecular flexibility index (Phi) is 5.38. The van der Waals surface area contributed by atoms with E-state index in [2.05, 4.69) is 32.7 Å². The van der Waals surface area contributed by atoms with Gasteiger partial charge in [0.25, 0.3) is 0 Å². The topological polar surface area (TPSA) is 12.0 Å². The fourth-order valence-electron chi connectivity index (χ4n) is 2.83. The third kappa shape index (κ3) is 3.98. The number of hydrogen-bond acceptors (Lipinski definition) is 1.